The highest BCUT2D eigenvalue weighted by atomic mass is 32.1. The fourth-order valence-electron chi connectivity index (χ4n) is 1.44. The lowest BCUT2D eigenvalue weighted by atomic mass is 10.1. The highest BCUT2D eigenvalue weighted by molar-refractivity contribution is 7.10. The molecule has 0 amide bonds. The van der Waals surface area contributed by atoms with Crippen molar-refractivity contribution in [2.75, 3.05) is 18.5 Å². The van der Waals surface area contributed by atoms with E-state index in [1.54, 1.807) is 0 Å². The summed E-state index contributed by atoms with van der Waals surface area (Å²) in [5, 5.41) is 8.45. The molecule has 0 bridgehead atoms. The third kappa shape index (κ3) is 5.98. The minimum atomic E-state index is 0.570. The van der Waals surface area contributed by atoms with Crippen LogP contribution in [0.3, 0.4) is 0 Å². The number of anilines is 1. The van der Waals surface area contributed by atoms with Crippen LogP contribution < -0.4 is 5.32 Å². The van der Waals surface area contributed by atoms with Gasteiger partial charge in [0.2, 0.25) is 0 Å². The molecule has 0 saturated heterocycles. The van der Waals surface area contributed by atoms with Gasteiger partial charge in [-0.15, -0.1) is 5.10 Å². The number of hydrogen-bond donors (Lipinski definition) is 1. The van der Waals surface area contributed by atoms with Crippen LogP contribution in [0.25, 0.3) is 0 Å². The minimum Gasteiger partial charge on any atom is -0.375 e. The Kier molecular flexibility index (Phi) is 7.12. The van der Waals surface area contributed by atoms with Crippen molar-refractivity contribution in [2.45, 2.75) is 46.6 Å². The Morgan fingerprint density at radius 3 is 2.94 bits per heavy atom. The van der Waals surface area contributed by atoms with E-state index >= 15 is 0 Å². The average molecular weight is 257 g/mol. The topological polar surface area (TPSA) is 47.0 Å². The fourth-order valence-corrected chi connectivity index (χ4v) is 2.03. The van der Waals surface area contributed by atoms with Gasteiger partial charge in [-0.2, -0.15) is 0 Å². The number of hydrogen-bond acceptors (Lipinski definition) is 5. The van der Waals surface area contributed by atoms with Gasteiger partial charge in [0.05, 0.1) is 6.61 Å². The second-order valence-electron chi connectivity index (χ2n) is 4.56. The highest BCUT2D eigenvalue weighted by Crippen LogP contribution is 2.18. The molecule has 4 nitrogen and oxygen atoms in total. The Morgan fingerprint density at radius 1 is 1.41 bits per heavy atom. The zero-order valence-electron chi connectivity index (χ0n) is 11.0. The Morgan fingerprint density at radius 2 is 2.24 bits per heavy atom. The molecule has 0 unspecified atom stereocenters. The molecule has 0 aliphatic rings. The van der Waals surface area contributed by atoms with Crippen molar-refractivity contribution in [3.8, 4) is 0 Å². The second kappa shape index (κ2) is 8.42. The largest absolute Gasteiger partial charge is 0.375 e. The number of rotatable bonds is 9. The van der Waals surface area contributed by atoms with Gasteiger partial charge in [0.25, 0.3) is 0 Å². The van der Waals surface area contributed by atoms with Crippen LogP contribution in [0.5, 0.6) is 0 Å². The van der Waals surface area contributed by atoms with Crippen LogP contribution in [0.4, 0.5) is 5.00 Å². The van der Waals surface area contributed by atoms with Gasteiger partial charge in [0.1, 0.15) is 10.7 Å². The molecule has 1 N–H and O–H groups in total. The molecule has 0 radical (unpaired) electrons. The lowest BCUT2D eigenvalue weighted by Gasteiger charge is -2.06. The van der Waals surface area contributed by atoms with Crippen LogP contribution in [0.1, 0.15) is 45.7 Å². The van der Waals surface area contributed by atoms with E-state index in [-0.39, 0.29) is 0 Å². The Bertz CT molecular complexity index is 302. The molecule has 0 atom stereocenters. The van der Waals surface area contributed by atoms with E-state index in [1.807, 2.05) is 0 Å². The number of ether oxygens (including phenoxy) is 1. The van der Waals surface area contributed by atoms with E-state index < -0.39 is 0 Å². The van der Waals surface area contributed by atoms with Crippen LogP contribution in [-0.4, -0.2) is 22.7 Å². The van der Waals surface area contributed by atoms with Gasteiger partial charge in [-0.1, -0.05) is 25.3 Å². The third-order valence-electron chi connectivity index (χ3n) is 2.40. The SMILES string of the molecule is CCCNc1snnc1COCCCC(C)C. The quantitative estimate of drug-likeness (QED) is 0.689. The first-order valence-electron chi connectivity index (χ1n) is 6.36. The molecule has 1 aromatic heterocycles. The highest BCUT2D eigenvalue weighted by Gasteiger charge is 2.06. The standard InChI is InChI=1S/C12H23N3OS/c1-4-7-13-12-11(14-15-17-12)9-16-8-5-6-10(2)3/h10,13H,4-9H2,1-3H3. The Balaban J connectivity index is 2.19. The summed E-state index contributed by atoms with van der Waals surface area (Å²) in [5.41, 5.74) is 0.938. The molecular formula is C12H23N3OS. The molecule has 0 spiro atoms. The van der Waals surface area contributed by atoms with Gasteiger partial charge in [0.15, 0.2) is 0 Å². The molecule has 0 saturated carbocycles. The predicted molar refractivity (Wildman–Crippen MR) is 72.4 cm³/mol. The normalized spacial score (nSPS) is 11.1. The summed E-state index contributed by atoms with van der Waals surface area (Å²) in [7, 11) is 0. The molecule has 1 rings (SSSR count). The van der Waals surface area contributed by atoms with Crippen molar-refractivity contribution in [3.63, 3.8) is 0 Å². The first-order chi connectivity index (χ1) is 8.24. The number of nitrogens with zero attached hydrogens (tertiary/aromatic N) is 2. The van der Waals surface area contributed by atoms with E-state index in [2.05, 4.69) is 35.7 Å². The summed E-state index contributed by atoms with van der Waals surface area (Å²) in [6.07, 6.45) is 3.44. The van der Waals surface area contributed by atoms with E-state index in [1.165, 1.54) is 18.0 Å². The predicted octanol–water partition coefficient (Wildman–Crippen LogP) is 3.31. The lowest BCUT2D eigenvalue weighted by molar-refractivity contribution is 0.112. The summed E-state index contributed by atoms with van der Waals surface area (Å²) in [4.78, 5) is 0. The van der Waals surface area contributed by atoms with Crippen LogP contribution in [0.15, 0.2) is 0 Å². The summed E-state index contributed by atoms with van der Waals surface area (Å²) in [6, 6.07) is 0. The first kappa shape index (κ1) is 14.4. The monoisotopic (exact) mass is 257 g/mol. The maximum atomic E-state index is 5.61. The zero-order valence-corrected chi connectivity index (χ0v) is 11.8. The molecule has 1 aromatic rings. The van der Waals surface area contributed by atoms with Crippen molar-refractivity contribution in [2.24, 2.45) is 5.92 Å². The summed E-state index contributed by atoms with van der Waals surface area (Å²) < 4.78 is 9.56. The van der Waals surface area contributed by atoms with Gasteiger partial charge >= 0.3 is 0 Å². The molecule has 0 aromatic carbocycles. The second-order valence-corrected chi connectivity index (χ2v) is 5.32. The molecule has 0 aliphatic heterocycles. The van der Waals surface area contributed by atoms with Gasteiger partial charge in [-0.3, -0.25) is 0 Å². The minimum absolute atomic E-state index is 0.570. The molecule has 98 valence electrons. The van der Waals surface area contributed by atoms with Crippen molar-refractivity contribution >= 4 is 16.5 Å². The molecule has 17 heavy (non-hydrogen) atoms. The molecule has 0 fully saturated rings. The van der Waals surface area contributed by atoms with Crippen molar-refractivity contribution in [1.82, 2.24) is 9.59 Å². The summed E-state index contributed by atoms with van der Waals surface area (Å²) in [6.45, 7) is 8.95. The molecular weight excluding hydrogens is 234 g/mol. The first-order valence-corrected chi connectivity index (χ1v) is 7.14. The van der Waals surface area contributed by atoms with Crippen molar-refractivity contribution in [1.29, 1.82) is 0 Å². The summed E-state index contributed by atoms with van der Waals surface area (Å²) >= 11 is 1.41. The molecule has 5 heteroatoms. The summed E-state index contributed by atoms with van der Waals surface area (Å²) in [5.74, 6) is 0.751. The Labute approximate surface area is 108 Å². The van der Waals surface area contributed by atoms with Gasteiger partial charge < -0.3 is 10.1 Å². The van der Waals surface area contributed by atoms with E-state index in [4.69, 9.17) is 4.74 Å². The van der Waals surface area contributed by atoms with Crippen LogP contribution in [0, 0.1) is 5.92 Å². The third-order valence-corrected chi connectivity index (χ3v) is 3.13. The molecule has 1 heterocycles. The fraction of sp³-hybridized carbons (Fsp3) is 0.833. The number of aromatic nitrogens is 2. The molecule has 0 aliphatic carbocycles. The van der Waals surface area contributed by atoms with E-state index in [0.717, 1.165) is 42.6 Å². The van der Waals surface area contributed by atoms with E-state index in [0.29, 0.717) is 6.61 Å². The van der Waals surface area contributed by atoms with Crippen molar-refractivity contribution < 1.29 is 4.74 Å². The average Bonchev–Trinajstić information content (AvgIpc) is 2.73. The van der Waals surface area contributed by atoms with Gasteiger partial charge in [0, 0.05) is 24.7 Å². The maximum absolute atomic E-state index is 5.61. The smallest absolute Gasteiger partial charge is 0.135 e. The number of nitrogens with one attached hydrogen (secondary N) is 1. The van der Waals surface area contributed by atoms with Crippen LogP contribution in [0.2, 0.25) is 0 Å². The van der Waals surface area contributed by atoms with E-state index in [9.17, 15) is 0 Å². The zero-order chi connectivity index (χ0) is 12.5. The maximum Gasteiger partial charge on any atom is 0.135 e. The van der Waals surface area contributed by atoms with Crippen LogP contribution in [-0.2, 0) is 11.3 Å². The van der Waals surface area contributed by atoms with Gasteiger partial charge in [-0.25, -0.2) is 0 Å². The Hall–Kier alpha value is -0.680. The van der Waals surface area contributed by atoms with Crippen molar-refractivity contribution in [3.05, 3.63) is 5.69 Å². The van der Waals surface area contributed by atoms with Gasteiger partial charge in [-0.05, 0) is 25.2 Å². The van der Waals surface area contributed by atoms with Crippen LogP contribution >= 0.6 is 11.5 Å². The lowest BCUT2D eigenvalue weighted by Crippen LogP contribution is -2.03.